The predicted molar refractivity (Wildman–Crippen MR) is 86.3 cm³/mol. The number of rotatable bonds is 5. The lowest BCUT2D eigenvalue weighted by molar-refractivity contribution is 0.0908. The fourth-order valence-electron chi connectivity index (χ4n) is 2.70. The normalized spacial score (nSPS) is 16.6. The summed E-state index contributed by atoms with van der Waals surface area (Å²) in [5, 5.41) is 7.03. The van der Waals surface area contributed by atoms with Crippen LogP contribution in [0.5, 0.6) is 0 Å². The number of hydrogen-bond donors (Lipinski definition) is 1. The molecule has 0 aliphatic carbocycles. The molecule has 0 radical (unpaired) electrons. The summed E-state index contributed by atoms with van der Waals surface area (Å²) >= 11 is 1.39. The molecule has 0 bridgehead atoms. The fourth-order valence-corrected chi connectivity index (χ4v) is 3.40. The van der Waals surface area contributed by atoms with Crippen molar-refractivity contribution in [1.82, 2.24) is 25.3 Å². The van der Waals surface area contributed by atoms with Crippen molar-refractivity contribution in [3.63, 3.8) is 0 Å². The second-order valence-electron chi connectivity index (χ2n) is 5.75. The van der Waals surface area contributed by atoms with Gasteiger partial charge in [0.2, 0.25) is 5.89 Å². The van der Waals surface area contributed by atoms with Crippen LogP contribution >= 0.6 is 11.3 Å². The molecule has 1 N–H and O–H groups in total. The van der Waals surface area contributed by atoms with Crippen molar-refractivity contribution in [2.24, 2.45) is 0 Å². The molecule has 0 spiro atoms. The molecule has 0 unspecified atom stereocenters. The Morgan fingerprint density at radius 1 is 1.48 bits per heavy atom. The van der Waals surface area contributed by atoms with Crippen molar-refractivity contribution in [3.05, 3.63) is 27.8 Å². The van der Waals surface area contributed by atoms with Gasteiger partial charge in [-0.05, 0) is 19.8 Å². The number of carbonyl (C=O) groups excluding carboxylic acids is 1. The monoisotopic (exact) mass is 335 g/mol. The van der Waals surface area contributed by atoms with Gasteiger partial charge in [0.05, 0.1) is 17.7 Å². The first-order valence-corrected chi connectivity index (χ1v) is 8.78. The standard InChI is InChI=1S/C15H21N5O2S/c1-3-12-18-13(22-19-12)8-20-6-4-11(5-7-20)17-15(21)14-10(2)16-9-23-14/h9,11H,3-8H2,1-2H3,(H,17,21). The molecule has 2 aromatic heterocycles. The molecule has 124 valence electrons. The zero-order valence-corrected chi connectivity index (χ0v) is 14.2. The summed E-state index contributed by atoms with van der Waals surface area (Å²) in [7, 11) is 0. The van der Waals surface area contributed by atoms with Crippen LogP contribution in [0.25, 0.3) is 0 Å². The number of nitrogens with one attached hydrogen (secondary N) is 1. The third kappa shape index (κ3) is 3.94. The van der Waals surface area contributed by atoms with E-state index in [0.29, 0.717) is 17.3 Å². The molecule has 2 aromatic rings. The summed E-state index contributed by atoms with van der Waals surface area (Å²) < 4.78 is 5.23. The largest absolute Gasteiger partial charge is 0.348 e. The van der Waals surface area contributed by atoms with Crippen molar-refractivity contribution >= 4 is 17.2 Å². The lowest BCUT2D eigenvalue weighted by atomic mass is 10.0. The molecule has 1 aliphatic rings. The Balaban J connectivity index is 1.46. The first-order valence-electron chi connectivity index (χ1n) is 7.90. The van der Waals surface area contributed by atoms with Crippen LogP contribution in [0, 0.1) is 6.92 Å². The Labute approximate surface area is 139 Å². The highest BCUT2D eigenvalue weighted by Gasteiger charge is 2.23. The molecule has 1 amide bonds. The smallest absolute Gasteiger partial charge is 0.263 e. The van der Waals surface area contributed by atoms with Crippen LogP contribution in [-0.4, -0.2) is 45.1 Å². The molecular formula is C15H21N5O2S. The van der Waals surface area contributed by atoms with Crippen LogP contribution in [-0.2, 0) is 13.0 Å². The van der Waals surface area contributed by atoms with Gasteiger partial charge < -0.3 is 9.84 Å². The molecule has 0 atom stereocenters. The van der Waals surface area contributed by atoms with E-state index < -0.39 is 0 Å². The van der Waals surface area contributed by atoms with Crippen LogP contribution in [0.15, 0.2) is 10.0 Å². The van der Waals surface area contributed by atoms with E-state index in [2.05, 4.69) is 25.3 Å². The molecule has 23 heavy (non-hydrogen) atoms. The second kappa shape index (κ2) is 7.18. The van der Waals surface area contributed by atoms with E-state index in [0.717, 1.165) is 43.9 Å². The average Bonchev–Trinajstić information content (AvgIpc) is 3.18. The molecule has 1 aliphatic heterocycles. The van der Waals surface area contributed by atoms with E-state index in [9.17, 15) is 4.79 Å². The maximum absolute atomic E-state index is 12.2. The summed E-state index contributed by atoms with van der Waals surface area (Å²) in [5.74, 6) is 1.42. The molecule has 0 saturated carbocycles. The minimum atomic E-state index is -0.00654. The lowest BCUT2D eigenvalue weighted by Gasteiger charge is -2.31. The number of amides is 1. The minimum absolute atomic E-state index is 0.00654. The lowest BCUT2D eigenvalue weighted by Crippen LogP contribution is -2.44. The Kier molecular flexibility index (Phi) is 5.02. The Morgan fingerprint density at radius 3 is 2.87 bits per heavy atom. The van der Waals surface area contributed by atoms with Gasteiger partial charge in [0.15, 0.2) is 5.82 Å². The van der Waals surface area contributed by atoms with E-state index in [-0.39, 0.29) is 11.9 Å². The number of thiazole rings is 1. The molecule has 1 saturated heterocycles. The summed E-state index contributed by atoms with van der Waals surface area (Å²) in [4.78, 5) is 23.7. The van der Waals surface area contributed by atoms with Crippen LogP contribution in [0.4, 0.5) is 0 Å². The van der Waals surface area contributed by atoms with Crippen molar-refractivity contribution in [1.29, 1.82) is 0 Å². The molecule has 1 fully saturated rings. The van der Waals surface area contributed by atoms with E-state index in [1.54, 1.807) is 5.51 Å². The minimum Gasteiger partial charge on any atom is -0.348 e. The number of likely N-dealkylation sites (tertiary alicyclic amines) is 1. The summed E-state index contributed by atoms with van der Waals surface area (Å²) in [6, 6.07) is 0.217. The van der Waals surface area contributed by atoms with Crippen molar-refractivity contribution in [2.75, 3.05) is 13.1 Å². The van der Waals surface area contributed by atoms with Gasteiger partial charge in [-0.1, -0.05) is 12.1 Å². The van der Waals surface area contributed by atoms with Crippen LogP contribution in [0.3, 0.4) is 0 Å². The zero-order chi connectivity index (χ0) is 16.2. The number of aryl methyl sites for hydroxylation is 2. The maximum atomic E-state index is 12.2. The fraction of sp³-hybridized carbons (Fsp3) is 0.600. The third-order valence-corrected chi connectivity index (χ3v) is 4.99. The van der Waals surface area contributed by atoms with E-state index in [1.807, 2.05) is 13.8 Å². The molecular weight excluding hydrogens is 314 g/mol. The van der Waals surface area contributed by atoms with Gasteiger partial charge in [-0.25, -0.2) is 4.98 Å². The highest BCUT2D eigenvalue weighted by molar-refractivity contribution is 7.11. The Bertz CT molecular complexity index is 660. The van der Waals surface area contributed by atoms with Crippen molar-refractivity contribution in [2.45, 2.75) is 45.7 Å². The SMILES string of the molecule is CCc1noc(CN2CCC(NC(=O)c3scnc3C)CC2)n1. The number of carbonyl (C=O) groups is 1. The Morgan fingerprint density at radius 2 is 2.26 bits per heavy atom. The van der Waals surface area contributed by atoms with Crippen molar-refractivity contribution in [3.8, 4) is 0 Å². The van der Waals surface area contributed by atoms with E-state index in [4.69, 9.17) is 4.52 Å². The van der Waals surface area contributed by atoms with Gasteiger partial charge in [-0.2, -0.15) is 4.98 Å². The molecule has 3 rings (SSSR count). The van der Waals surface area contributed by atoms with E-state index in [1.165, 1.54) is 11.3 Å². The van der Waals surface area contributed by atoms with Crippen LogP contribution < -0.4 is 5.32 Å². The maximum Gasteiger partial charge on any atom is 0.263 e. The number of piperidine rings is 1. The van der Waals surface area contributed by atoms with E-state index >= 15 is 0 Å². The van der Waals surface area contributed by atoms with Gasteiger partial charge in [0.25, 0.3) is 5.91 Å². The quantitative estimate of drug-likeness (QED) is 0.897. The molecule has 8 heteroatoms. The molecule has 0 aromatic carbocycles. The highest BCUT2D eigenvalue weighted by Crippen LogP contribution is 2.16. The third-order valence-electron chi connectivity index (χ3n) is 4.06. The topological polar surface area (TPSA) is 84.2 Å². The van der Waals surface area contributed by atoms with Gasteiger partial charge in [0, 0.05) is 25.6 Å². The highest BCUT2D eigenvalue weighted by atomic mass is 32.1. The van der Waals surface area contributed by atoms with Gasteiger partial charge in [-0.15, -0.1) is 11.3 Å². The summed E-state index contributed by atoms with van der Waals surface area (Å²) in [6.07, 6.45) is 2.64. The first-order chi connectivity index (χ1) is 11.2. The van der Waals surface area contributed by atoms with Gasteiger partial charge >= 0.3 is 0 Å². The Hall–Kier alpha value is -1.80. The molecule has 3 heterocycles. The average molecular weight is 335 g/mol. The molecule has 7 nitrogen and oxygen atoms in total. The predicted octanol–water partition coefficient (Wildman–Crippen LogP) is 1.79. The summed E-state index contributed by atoms with van der Waals surface area (Å²) in [6.45, 7) is 6.38. The van der Waals surface area contributed by atoms with Crippen LogP contribution in [0.1, 0.15) is 46.8 Å². The second-order valence-corrected chi connectivity index (χ2v) is 6.60. The van der Waals surface area contributed by atoms with Crippen molar-refractivity contribution < 1.29 is 9.32 Å². The number of hydrogen-bond acceptors (Lipinski definition) is 7. The summed E-state index contributed by atoms with van der Waals surface area (Å²) in [5.41, 5.74) is 2.51. The van der Waals surface area contributed by atoms with Gasteiger partial charge in [0.1, 0.15) is 4.88 Å². The first kappa shape index (κ1) is 16.1. The number of nitrogens with zero attached hydrogens (tertiary/aromatic N) is 4. The zero-order valence-electron chi connectivity index (χ0n) is 13.4. The number of aromatic nitrogens is 3. The van der Waals surface area contributed by atoms with Gasteiger partial charge in [-0.3, -0.25) is 9.69 Å². The van der Waals surface area contributed by atoms with Crippen LogP contribution in [0.2, 0.25) is 0 Å².